The Labute approximate surface area is 70.6 Å². The van der Waals surface area contributed by atoms with Gasteiger partial charge in [-0.15, -0.1) is 0 Å². The number of rotatable bonds is 3. The Morgan fingerprint density at radius 2 is 2.18 bits per heavy atom. The van der Waals surface area contributed by atoms with Crippen LogP contribution in [0.15, 0.2) is 0 Å². The Morgan fingerprint density at radius 3 is 2.64 bits per heavy atom. The van der Waals surface area contributed by atoms with Gasteiger partial charge in [0, 0.05) is 0 Å². The second kappa shape index (κ2) is 4.10. The number of nitrogens with one attached hydrogen (secondary N) is 1. The molecule has 1 N–H and O–H groups in total. The van der Waals surface area contributed by atoms with Crippen molar-refractivity contribution in [1.29, 1.82) is 0 Å². The molecule has 0 aromatic rings. The van der Waals surface area contributed by atoms with E-state index in [-0.39, 0.29) is 0 Å². The van der Waals surface area contributed by atoms with Gasteiger partial charge in [-0.05, 0) is 37.3 Å². The van der Waals surface area contributed by atoms with Gasteiger partial charge in [-0.25, -0.2) is 0 Å². The zero-order valence-electron chi connectivity index (χ0n) is 8.06. The molecule has 1 heterocycles. The summed E-state index contributed by atoms with van der Waals surface area (Å²) in [5, 5.41) is 3.45. The van der Waals surface area contributed by atoms with Gasteiger partial charge >= 0.3 is 0 Å². The van der Waals surface area contributed by atoms with Gasteiger partial charge < -0.3 is 5.32 Å². The summed E-state index contributed by atoms with van der Waals surface area (Å²) in [6.45, 7) is 9.52. The minimum absolute atomic E-state index is 0.906. The van der Waals surface area contributed by atoms with Gasteiger partial charge in [-0.2, -0.15) is 0 Å². The second-order valence-corrected chi connectivity index (χ2v) is 4.14. The second-order valence-electron chi connectivity index (χ2n) is 4.14. The molecule has 11 heavy (non-hydrogen) atoms. The van der Waals surface area contributed by atoms with Crippen LogP contribution in [0.4, 0.5) is 0 Å². The lowest BCUT2D eigenvalue weighted by Crippen LogP contribution is -2.13. The van der Waals surface area contributed by atoms with Gasteiger partial charge in [0.1, 0.15) is 0 Å². The molecule has 0 aromatic carbocycles. The molecule has 3 unspecified atom stereocenters. The standard InChI is InChI=1S/C10H21N/c1-4-8(2)5-10-7-11-6-9(10)3/h8-11H,4-7H2,1-3H3. The monoisotopic (exact) mass is 155 g/mol. The Kier molecular flexibility index (Phi) is 3.38. The lowest BCUT2D eigenvalue weighted by atomic mass is 9.88. The first kappa shape index (κ1) is 9.05. The Hall–Kier alpha value is -0.0400. The van der Waals surface area contributed by atoms with E-state index >= 15 is 0 Å². The van der Waals surface area contributed by atoms with Crippen molar-refractivity contribution in [3.63, 3.8) is 0 Å². The summed E-state index contributed by atoms with van der Waals surface area (Å²) in [7, 11) is 0. The highest BCUT2D eigenvalue weighted by Crippen LogP contribution is 2.24. The predicted octanol–water partition coefficient (Wildman–Crippen LogP) is 2.28. The average Bonchev–Trinajstić information content (AvgIpc) is 2.37. The molecular formula is C10H21N. The normalized spacial score (nSPS) is 34.1. The fourth-order valence-corrected chi connectivity index (χ4v) is 1.86. The van der Waals surface area contributed by atoms with Crippen molar-refractivity contribution in [2.45, 2.75) is 33.6 Å². The van der Waals surface area contributed by atoms with Crippen LogP contribution in [0.25, 0.3) is 0 Å². The molecule has 0 aliphatic carbocycles. The van der Waals surface area contributed by atoms with Crippen LogP contribution < -0.4 is 5.32 Å². The van der Waals surface area contributed by atoms with Gasteiger partial charge in [0.25, 0.3) is 0 Å². The molecule has 1 aliphatic rings. The van der Waals surface area contributed by atoms with Gasteiger partial charge in [0.15, 0.2) is 0 Å². The predicted molar refractivity (Wildman–Crippen MR) is 49.6 cm³/mol. The molecule has 0 radical (unpaired) electrons. The zero-order valence-corrected chi connectivity index (χ0v) is 8.06. The number of hydrogen-bond acceptors (Lipinski definition) is 1. The first-order valence-corrected chi connectivity index (χ1v) is 4.94. The first-order valence-electron chi connectivity index (χ1n) is 4.94. The first-order chi connectivity index (χ1) is 5.24. The van der Waals surface area contributed by atoms with E-state index in [0.717, 1.165) is 17.8 Å². The van der Waals surface area contributed by atoms with Crippen LogP contribution in [0.1, 0.15) is 33.6 Å². The van der Waals surface area contributed by atoms with Crippen LogP contribution in [0.2, 0.25) is 0 Å². The quantitative estimate of drug-likeness (QED) is 0.659. The molecule has 1 nitrogen and oxygen atoms in total. The molecule has 0 bridgehead atoms. The van der Waals surface area contributed by atoms with E-state index < -0.39 is 0 Å². The third-order valence-electron chi connectivity index (χ3n) is 3.08. The van der Waals surface area contributed by atoms with Crippen LogP contribution in [0.3, 0.4) is 0 Å². The van der Waals surface area contributed by atoms with E-state index in [2.05, 4.69) is 26.1 Å². The van der Waals surface area contributed by atoms with E-state index in [1.54, 1.807) is 0 Å². The van der Waals surface area contributed by atoms with Crippen molar-refractivity contribution in [2.75, 3.05) is 13.1 Å². The van der Waals surface area contributed by atoms with Crippen molar-refractivity contribution in [2.24, 2.45) is 17.8 Å². The maximum absolute atomic E-state index is 3.45. The van der Waals surface area contributed by atoms with Crippen LogP contribution in [0, 0.1) is 17.8 Å². The molecule has 1 fully saturated rings. The summed E-state index contributed by atoms with van der Waals surface area (Å²) in [6.07, 6.45) is 2.76. The molecule has 1 rings (SSSR count). The van der Waals surface area contributed by atoms with Crippen LogP contribution >= 0.6 is 0 Å². The molecule has 66 valence electrons. The molecular weight excluding hydrogens is 134 g/mol. The lowest BCUT2D eigenvalue weighted by molar-refractivity contribution is 0.346. The fraction of sp³-hybridized carbons (Fsp3) is 1.00. The van der Waals surface area contributed by atoms with E-state index in [1.165, 1.54) is 25.9 Å². The molecule has 0 spiro atoms. The highest BCUT2D eigenvalue weighted by molar-refractivity contribution is 4.78. The maximum Gasteiger partial charge on any atom is -0.00173 e. The lowest BCUT2D eigenvalue weighted by Gasteiger charge is -2.17. The van der Waals surface area contributed by atoms with Crippen molar-refractivity contribution >= 4 is 0 Å². The summed E-state index contributed by atoms with van der Waals surface area (Å²) >= 11 is 0. The molecule has 1 heteroatoms. The largest absolute Gasteiger partial charge is 0.316 e. The summed E-state index contributed by atoms with van der Waals surface area (Å²) in [6, 6.07) is 0. The van der Waals surface area contributed by atoms with Gasteiger partial charge in [0.2, 0.25) is 0 Å². The summed E-state index contributed by atoms with van der Waals surface area (Å²) < 4.78 is 0. The SMILES string of the molecule is CCC(C)CC1CNCC1C. The maximum atomic E-state index is 3.45. The van der Waals surface area contributed by atoms with Crippen molar-refractivity contribution in [1.82, 2.24) is 5.32 Å². The van der Waals surface area contributed by atoms with E-state index in [4.69, 9.17) is 0 Å². The Bertz CT molecular complexity index is 111. The van der Waals surface area contributed by atoms with Crippen molar-refractivity contribution < 1.29 is 0 Å². The highest BCUT2D eigenvalue weighted by Gasteiger charge is 2.23. The average molecular weight is 155 g/mol. The minimum atomic E-state index is 0.906. The van der Waals surface area contributed by atoms with E-state index in [1.807, 2.05) is 0 Å². The van der Waals surface area contributed by atoms with Crippen LogP contribution in [0.5, 0.6) is 0 Å². The minimum Gasteiger partial charge on any atom is -0.316 e. The van der Waals surface area contributed by atoms with E-state index in [9.17, 15) is 0 Å². The smallest absolute Gasteiger partial charge is 0.00173 e. The molecule has 1 saturated heterocycles. The third kappa shape index (κ3) is 2.48. The highest BCUT2D eigenvalue weighted by atomic mass is 14.9. The van der Waals surface area contributed by atoms with E-state index in [0.29, 0.717) is 0 Å². The Balaban J connectivity index is 2.24. The zero-order chi connectivity index (χ0) is 8.27. The molecule has 0 aromatic heterocycles. The Morgan fingerprint density at radius 1 is 1.45 bits per heavy atom. The molecule has 3 atom stereocenters. The van der Waals surface area contributed by atoms with Crippen molar-refractivity contribution in [3.05, 3.63) is 0 Å². The number of hydrogen-bond donors (Lipinski definition) is 1. The topological polar surface area (TPSA) is 12.0 Å². The fourth-order valence-electron chi connectivity index (χ4n) is 1.86. The summed E-state index contributed by atoms with van der Waals surface area (Å²) in [5.41, 5.74) is 0. The summed E-state index contributed by atoms with van der Waals surface area (Å²) in [5.74, 6) is 2.77. The van der Waals surface area contributed by atoms with Gasteiger partial charge in [-0.3, -0.25) is 0 Å². The summed E-state index contributed by atoms with van der Waals surface area (Å²) in [4.78, 5) is 0. The van der Waals surface area contributed by atoms with Gasteiger partial charge in [-0.1, -0.05) is 27.2 Å². The van der Waals surface area contributed by atoms with Gasteiger partial charge in [0.05, 0.1) is 0 Å². The van der Waals surface area contributed by atoms with Crippen LogP contribution in [-0.2, 0) is 0 Å². The molecule has 0 amide bonds. The van der Waals surface area contributed by atoms with Crippen molar-refractivity contribution in [3.8, 4) is 0 Å². The molecule has 1 aliphatic heterocycles. The molecule has 0 saturated carbocycles. The third-order valence-corrected chi connectivity index (χ3v) is 3.08. The van der Waals surface area contributed by atoms with Crippen LogP contribution in [-0.4, -0.2) is 13.1 Å².